The highest BCUT2D eigenvalue weighted by Crippen LogP contribution is 2.56. The Morgan fingerprint density at radius 3 is 2.48 bits per heavy atom. The Morgan fingerprint density at radius 2 is 1.70 bits per heavy atom. The standard InChI is InChI=1S/C47H71NO12/c1-26-18-35-40-37(24-45(57-40)30(5)17-27(2)25-48-45)56-44(22-26,55-35)23-29(4)39-28(3)19-32(7)47(52,58-39)41(51)36-21-33-20-31(6)46(59-42(33)53-36)16-15-43(60-46)14-10-12-34(54-43)11-8-9-13-38(49)50/h8,10-11,14,26-28,30-37,39-42,48,51-52H,4,9,12-13,15-25H2,1-3,5-7H3,(H,49,50)/b11-8+/t26-,27+,28+,30-,31+,32-,33-,34-,35+,36+,37+,39+,40+,41+,42-,43+,44-,45-,46-,47-/m1/s1. The monoisotopic (exact) mass is 841 g/mol. The first kappa shape index (κ1) is 43.5. The number of allylic oxidation sites excluding steroid dienone is 1. The van der Waals surface area contributed by atoms with Gasteiger partial charge in [0.15, 0.2) is 29.4 Å². The molecule has 0 radical (unpaired) electrons. The van der Waals surface area contributed by atoms with E-state index in [0.29, 0.717) is 62.7 Å². The molecule has 0 aromatic carbocycles. The van der Waals surface area contributed by atoms with Crippen molar-refractivity contribution >= 4 is 5.97 Å². The van der Waals surface area contributed by atoms with Crippen LogP contribution in [-0.2, 0) is 42.7 Å². The van der Waals surface area contributed by atoms with Crippen LogP contribution in [0.15, 0.2) is 36.5 Å². The van der Waals surface area contributed by atoms with E-state index in [-0.39, 0.29) is 54.5 Å². The molecule has 0 saturated carbocycles. The number of fused-ring (bicyclic) bond motifs is 5. The summed E-state index contributed by atoms with van der Waals surface area (Å²) in [6.07, 6.45) is 12.4. The van der Waals surface area contributed by atoms with E-state index in [1.165, 1.54) is 0 Å². The van der Waals surface area contributed by atoms with Crippen LogP contribution in [0.4, 0.5) is 0 Å². The van der Waals surface area contributed by atoms with E-state index in [1.54, 1.807) is 0 Å². The third-order valence-corrected chi connectivity index (χ3v) is 15.9. The van der Waals surface area contributed by atoms with Gasteiger partial charge in [0, 0.05) is 62.8 Å². The van der Waals surface area contributed by atoms with Crippen molar-refractivity contribution in [2.45, 2.75) is 203 Å². The van der Waals surface area contributed by atoms with Crippen LogP contribution in [0.1, 0.15) is 125 Å². The van der Waals surface area contributed by atoms with E-state index < -0.39 is 59.4 Å². The van der Waals surface area contributed by atoms with Crippen molar-refractivity contribution in [2.24, 2.45) is 41.4 Å². The number of hydrogen-bond donors (Lipinski definition) is 4. The van der Waals surface area contributed by atoms with Gasteiger partial charge < -0.3 is 53.2 Å². The number of rotatable bonds is 9. The van der Waals surface area contributed by atoms with Gasteiger partial charge in [-0.25, -0.2) is 0 Å². The van der Waals surface area contributed by atoms with Crippen LogP contribution < -0.4 is 5.32 Å². The molecule has 20 atom stereocenters. The molecule has 9 aliphatic heterocycles. The first-order valence-corrected chi connectivity index (χ1v) is 23.3. The average Bonchev–Trinajstić information content (AvgIpc) is 3.87. The Bertz CT molecular complexity index is 1690. The topological polar surface area (TPSA) is 164 Å². The van der Waals surface area contributed by atoms with Gasteiger partial charge in [0.25, 0.3) is 0 Å². The van der Waals surface area contributed by atoms with E-state index in [0.717, 1.165) is 44.2 Å². The van der Waals surface area contributed by atoms with Crippen LogP contribution >= 0.6 is 0 Å². The van der Waals surface area contributed by atoms with Gasteiger partial charge in [0.2, 0.25) is 0 Å². The number of ether oxygens (including phenoxy) is 8. The molecule has 3 spiro atoms. The molecule has 0 aromatic heterocycles. The summed E-state index contributed by atoms with van der Waals surface area (Å²) in [6, 6.07) is 0. The molecule has 336 valence electrons. The van der Waals surface area contributed by atoms with Crippen molar-refractivity contribution < 1.29 is 58.0 Å². The highest BCUT2D eigenvalue weighted by Gasteiger charge is 2.64. The van der Waals surface area contributed by atoms with Gasteiger partial charge in [0.05, 0.1) is 30.5 Å². The number of carboxylic acids is 1. The van der Waals surface area contributed by atoms with Gasteiger partial charge in [-0.3, -0.25) is 10.1 Å². The summed E-state index contributed by atoms with van der Waals surface area (Å²) < 4.78 is 54.0. The molecule has 8 fully saturated rings. The lowest BCUT2D eigenvalue weighted by molar-refractivity contribution is -0.388. The second kappa shape index (κ2) is 16.0. The molecule has 9 aliphatic rings. The zero-order valence-corrected chi connectivity index (χ0v) is 36.6. The fourth-order valence-electron chi connectivity index (χ4n) is 12.9. The predicted molar refractivity (Wildman–Crippen MR) is 219 cm³/mol. The first-order valence-electron chi connectivity index (χ1n) is 23.3. The quantitative estimate of drug-likeness (QED) is 0.187. The third-order valence-electron chi connectivity index (χ3n) is 15.9. The lowest BCUT2D eigenvalue weighted by atomic mass is 9.76. The number of nitrogens with one attached hydrogen (secondary N) is 1. The summed E-state index contributed by atoms with van der Waals surface area (Å²) in [4.78, 5) is 11.0. The van der Waals surface area contributed by atoms with E-state index in [2.05, 4.69) is 52.6 Å². The van der Waals surface area contributed by atoms with Crippen LogP contribution in [-0.4, -0.2) is 106 Å². The summed E-state index contributed by atoms with van der Waals surface area (Å²) in [7, 11) is 0. The van der Waals surface area contributed by atoms with E-state index in [9.17, 15) is 15.0 Å². The van der Waals surface area contributed by atoms with Crippen LogP contribution in [0.3, 0.4) is 0 Å². The van der Waals surface area contributed by atoms with Crippen LogP contribution in [0.5, 0.6) is 0 Å². The highest BCUT2D eigenvalue weighted by atomic mass is 16.8. The summed E-state index contributed by atoms with van der Waals surface area (Å²) >= 11 is 0. The fraction of sp³-hybridized carbons (Fsp3) is 0.851. The Morgan fingerprint density at radius 1 is 0.900 bits per heavy atom. The molecule has 4 N–H and O–H groups in total. The van der Waals surface area contributed by atoms with Crippen molar-refractivity contribution in [3.8, 4) is 0 Å². The van der Waals surface area contributed by atoms with Crippen LogP contribution in [0.2, 0.25) is 0 Å². The number of piperidine rings is 1. The minimum absolute atomic E-state index is 0.00371. The van der Waals surface area contributed by atoms with E-state index >= 15 is 0 Å². The number of aliphatic hydroxyl groups is 2. The number of aliphatic carboxylic acids is 1. The van der Waals surface area contributed by atoms with Crippen molar-refractivity contribution in [2.75, 3.05) is 6.54 Å². The maximum atomic E-state index is 12.4. The number of aliphatic hydroxyl groups excluding tert-OH is 1. The first-order chi connectivity index (χ1) is 28.4. The number of carbonyl (C=O) groups is 1. The zero-order chi connectivity index (χ0) is 42.4. The van der Waals surface area contributed by atoms with Crippen LogP contribution in [0.25, 0.3) is 0 Å². The minimum atomic E-state index is -1.88. The maximum Gasteiger partial charge on any atom is 0.303 e. The second-order valence-electron chi connectivity index (χ2n) is 20.9. The average molecular weight is 842 g/mol. The normalized spacial score (nSPS) is 52.9. The summed E-state index contributed by atoms with van der Waals surface area (Å²) in [6.45, 7) is 18.5. The molecular weight excluding hydrogens is 771 g/mol. The lowest BCUT2D eigenvalue weighted by Crippen LogP contribution is -2.62. The Hall–Kier alpha value is -1.75. The Kier molecular flexibility index (Phi) is 11.6. The molecule has 0 amide bonds. The third kappa shape index (κ3) is 7.81. The molecule has 60 heavy (non-hydrogen) atoms. The molecule has 0 aliphatic carbocycles. The minimum Gasteiger partial charge on any atom is -0.481 e. The fourth-order valence-corrected chi connectivity index (χ4v) is 12.9. The van der Waals surface area contributed by atoms with Crippen molar-refractivity contribution in [3.05, 3.63) is 36.5 Å². The molecule has 2 bridgehead atoms. The van der Waals surface area contributed by atoms with E-state index in [1.807, 2.05) is 25.2 Å². The largest absolute Gasteiger partial charge is 0.481 e. The molecule has 9 rings (SSSR count). The molecule has 0 aromatic rings. The zero-order valence-electron chi connectivity index (χ0n) is 36.6. The second-order valence-corrected chi connectivity index (χ2v) is 20.9. The summed E-state index contributed by atoms with van der Waals surface area (Å²) in [5, 5.41) is 37.3. The number of hydrogen-bond acceptors (Lipinski definition) is 12. The number of carboxylic acid groups (broad SMARTS) is 1. The molecule has 0 unspecified atom stereocenters. The molecular formula is C47H71NO12. The highest BCUT2D eigenvalue weighted by molar-refractivity contribution is 5.66. The van der Waals surface area contributed by atoms with E-state index in [4.69, 9.17) is 43.0 Å². The van der Waals surface area contributed by atoms with Crippen molar-refractivity contribution in [1.82, 2.24) is 5.32 Å². The molecule has 8 saturated heterocycles. The summed E-state index contributed by atoms with van der Waals surface area (Å²) in [5.41, 5.74) is 0.390. The van der Waals surface area contributed by atoms with Gasteiger partial charge in [-0.15, -0.1) is 0 Å². The van der Waals surface area contributed by atoms with Gasteiger partial charge in [0.1, 0.15) is 17.9 Å². The SMILES string of the molecule is C=C(C[C@]12C[C@H](C)C[C@H](O1)[C@@H]1O[C@@]3(C[C@@H]1O2)NC[C@@H](C)C[C@H]3C)[C@H]1O[C@@](O)([C@@H](O)[C@@H]2C[C@H]3C[C@H](C)[C@]4(CC[C@]5(C=CC[C@@H](/C=C/CCC(=O)O)O5)O4)O[C@H]3O2)[C@H](C)C[C@@H]1C. The molecule has 9 heterocycles. The van der Waals surface area contributed by atoms with Gasteiger partial charge in [-0.05, 0) is 80.3 Å². The van der Waals surface area contributed by atoms with Gasteiger partial charge >= 0.3 is 5.97 Å². The van der Waals surface area contributed by atoms with Crippen LogP contribution in [0, 0.1) is 41.4 Å². The van der Waals surface area contributed by atoms with Gasteiger partial charge in [-0.2, -0.15) is 0 Å². The van der Waals surface area contributed by atoms with Gasteiger partial charge in [-0.1, -0.05) is 66.3 Å². The van der Waals surface area contributed by atoms with Crippen molar-refractivity contribution in [3.63, 3.8) is 0 Å². The smallest absolute Gasteiger partial charge is 0.303 e. The Balaban J connectivity index is 0.846. The van der Waals surface area contributed by atoms with Crippen molar-refractivity contribution in [1.29, 1.82) is 0 Å². The predicted octanol–water partition coefficient (Wildman–Crippen LogP) is 6.46. The summed E-state index contributed by atoms with van der Waals surface area (Å²) in [5.74, 6) is -4.43. The molecule has 13 nitrogen and oxygen atoms in total. The molecule has 13 heteroatoms. The Labute approximate surface area is 355 Å². The maximum absolute atomic E-state index is 12.4. The lowest BCUT2D eigenvalue weighted by Gasteiger charge is -2.53.